The quantitative estimate of drug-likeness (QED) is 0.0857. The van der Waals surface area contributed by atoms with Gasteiger partial charge in [0, 0.05) is 5.56 Å². The van der Waals surface area contributed by atoms with Gasteiger partial charge in [0.25, 0.3) is 0 Å². The zero-order valence-electron chi connectivity index (χ0n) is 24.4. The number of aromatic nitrogens is 2. The molecule has 1 aromatic heterocycles. The Morgan fingerprint density at radius 3 is 2.30 bits per heavy atom. The van der Waals surface area contributed by atoms with E-state index in [1.165, 1.54) is 63.1 Å². The van der Waals surface area contributed by atoms with Crippen molar-refractivity contribution in [2.75, 3.05) is 6.61 Å². The molecule has 0 amide bonds. The summed E-state index contributed by atoms with van der Waals surface area (Å²) in [4.78, 5) is 21.3. The fourth-order valence-electron chi connectivity index (χ4n) is 4.52. The van der Waals surface area contributed by atoms with Crippen molar-refractivity contribution in [3.05, 3.63) is 84.7 Å². The van der Waals surface area contributed by atoms with Gasteiger partial charge in [-0.05, 0) is 80.0 Å². The number of ether oxygens (including phenoxy) is 2. The summed E-state index contributed by atoms with van der Waals surface area (Å²) in [5, 5.41) is 0. The molecule has 214 valence electrons. The molecule has 0 spiro atoms. The lowest BCUT2D eigenvalue weighted by molar-refractivity contribution is 0.0727. The fourth-order valence-corrected chi connectivity index (χ4v) is 4.52. The summed E-state index contributed by atoms with van der Waals surface area (Å²) in [7, 11) is 0. The Morgan fingerprint density at radius 2 is 1.60 bits per heavy atom. The normalized spacial score (nSPS) is 11.7. The molecule has 2 aromatic carbocycles. The average molecular weight is 543 g/mol. The molecule has 1 unspecified atom stereocenters. The van der Waals surface area contributed by atoms with Crippen LogP contribution in [0.15, 0.2) is 73.6 Å². The largest absolute Gasteiger partial charge is 0.494 e. The Bertz CT molecular complexity index is 1120. The first-order chi connectivity index (χ1) is 19.6. The van der Waals surface area contributed by atoms with Crippen molar-refractivity contribution in [1.29, 1.82) is 0 Å². The number of unbranched alkanes of at least 4 members (excludes halogenated alkanes) is 7. The van der Waals surface area contributed by atoms with Gasteiger partial charge in [0.1, 0.15) is 5.75 Å². The molecule has 0 bridgehead atoms. The van der Waals surface area contributed by atoms with Crippen LogP contribution in [-0.2, 0) is 6.42 Å². The molecule has 0 aliphatic rings. The Labute approximate surface area is 241 Å². The van der Waals surface area contributed by atoms with Gasteiger partial charge in [0.05, 0.1) is 30.3 Å². The summed E-state index contributed by atoms with van der Waals surface area (Å²) in [5.74, 6) is 1.42. The number of nitrogens with zero attached hydrogens (tertiary/aromatic N) is 2. The van der Waals surface area contributed by atoms with Crippen molar-refractivity contribution in [3.63, 3.8) is 0 Å². The van der Waals surface area contributed by atoms with Crippen molar-refractivity contribution in [2.24, 2.45) is 5.92 Å². The molecule has 0 radical (unpaired) electrons. The molecule has 3 rings (SSSR count). The Hall–Kier alpha value is -3.47. The highest BCUT2D eigenvalue weighted by Crippen LogP contribution is 2.22. The zero-order valence-corrected chi connectivity index (χ0v) is 24.4. The number of allylic oxidation sites excluding steroid dienone is 1. The van der Waals surface area contributed by atoms with Gasteiger partial charge in [0.15, 0.2) is 0 Å². The minimum atomic E-state index is -0.433. The van der Waals surface area contributed by atoms with E-state index in [0.29, 0.717) is 11.3 Å². The zero-order chi connectivity index (χ0) is 28.4. The molecular formula is C35H46N2O3. The molecule has 1 atom stereocenters. The highest BCUT2D eigenvalue weighted by Gasteiger charge is 2.11. The predicted molar refractivity (Wildman–Crippen MR) is 164 cm³/mol. The lowest BCUT2D eigenvalue weighted by Crippen LogP contribution is -2.09. The van der Waals surface area contributed by atoms with Crippen molar-refractivity contribution in [3.8, 4) is 22.9 Å². The second-order valence-corrected chi connectivity index (χ2v) is 10.7. The topological polar surface area (TPSA) is 61.3 Å². The van der Waals surface area contributed by atoms with Crippen LogP contribution >= 0.6 is 0 Å². The first-order valence-electron chi connectivity index (χ1n) is 15.1. The lowest BCUT2D eigenvalue weighted by Gasteiger charge is -2.09. The van der Waals surface area contributed by atoms with Crippen LogP contribution < -0.4 is 9.47 Å². The van der Waals surface area contributed by atoms with Crippen LogP contribution in [-0.4, -0.2) is 22.5 Å². The van der Waals surface area contributed by atoms with E-state index >= 15 is 0 Å². The van der Waals surface area contributed by atoms with E-state index in [0.717, 1.165) is 49.5 Å². The molecule has 40 heavy (non-hydrogen) atoms. The number of aryl methyl sites for hydroxylation is 1. The summed E-state index contributed by atoms with van der Waals surface area (Å²) >= 11 is 0. The molecule has 0 N–H and O–H groups in total. The molecule has 5 heteroatoms. The maximum absolute atomic E-state index is 12.6. The molecule has 0 saturated heterocycles. The van der Waals surface area contributed by atoms with Gasteiger partial charge in [-0.1, -0.05) is 77.0 Å². The maximum Gasteiger partial charge on any atom is 0.344 e. The van der Waals surface area contributed by atoms with Gasteiger partial charge in [-0.3, -0.25) is 0 Å². The van der Waals surface area contributed by atoms with Gasteiger partial charge >= 0.3 is 5.97 Å². The first-order valence-corrected chi connectivity index (χ1v) is 15.1. The highest BCUT2D eigenvalue weighted by molar-refractivity contribution is 5.90. The average Bonchev–Trinajstić information content (AvgIpc) is 2.99. The van der Waals surface area contributed by atoms with Gasteiger partial charge in [-0.2, -0.15) is 0 Å². The number of hydrogen-bond acceptors (Lipinski definition) is 5. The predicted octanol–water partition coefficient (Wildman–Crippen LogP) is 9.42. The number of esters is 1. The van der Waals surface area contributed by atoms with Gasteiger partial charge in [-0.15, -0.1) is 6.58 Å². The highest BCUT2D eigenvalue weighted by atomic mass is 16.5. The molecular weight excluding hydrogens is 496 g/mol. The molecule has 1 heterocycles. The van der Waals surface area contributed by atoms with Crippen LogP contribution in [0.1, 0.15) is 100 Å². The van der Waals surface area contributed by atoms with Gasteiger partial charge in [-0.25, -0.2) is 14.8 Å². The van der Waals surface area contributed by atoms with E-state index in [-0.39, 0.29) is 5.88 Å². The van der Waals surface area contributed by atoms with Crippen molar-refractivity contribution >= 4 is 5.97 Å². The molecule has 0 saturated carbocycles. The lowest BCUT2D eigenvalue weighted by atomic mass is 10.0. The van der Waals surface area contributed by atoms with Crippen molar-refractivity contribution in [2.45, 2.75) is 90.9 Å². The number of hydrogen-bond donors (Lipinski definition) is 0. The van der Waals surface area contributed by atoms with Gasteiger partial charge in [0.2, 0.25) is 5.88 Å². The van der Waals surface area contributed by atoms with Crippen LogP contribution in [0.2, 0.25) is 0 Å². The second kappa shape index (κ2) is 18.0. The monoisotopic (exact) mass is 542 g/mol. The summed E-state index contributed by atoms with van der Waals surface area (Å²) in [5.41, 5.74) is 3.38. The summed E-state index contributed by atoms with van der Waals surface area (Å²) in [6, 6.07) is 15.5. The van der Waals surface area contributed by atoms with E-state index in [4.69, 9.17) is 9.47 Å². The van der Waals surface area contributed by atoms with E-state index in [9.17, 15) is 4.79 Å². The third kappa shape index (κ3) is 11.3. The minimum absolute atomic E-state index is 0.183. The number of rotatable bonds is 19. The van der Waals surface area contributed by atoms with E-state index in [1.54, 1.807) is 6.20 Å². The second-order valence-electron chi connectivity index (χ2n) is 10.7. The van der Waals surface area contributed by atoms with Crippen molar-refractivity contribution in [1.82, 2.24) is 9.97 Å². The third-order valence-electron chi connectivity index (χ3n) is 7.35. The van der Waals surface area contributed by atoms with E-state index in [1.807, 2.05) is 54.6 Å². The summed E-state index contributed by atoms with van der Waals surface area (Å²) < 4.78 is 11.3. The van der Waals surface area contributed by atoms with Crippen LogP contribution in [0.4, 0.5) is 0 Å². The third-order valence-corrected chi connectivity index (χ3v) is 7.35. The van der Waals surface area contributed by atoms with Crippen LogP contribution in [0, 0.1) is 5.92 Å². The Kier molecular flexibility index (Phi) is 14.0. The standard InChI is InChI=1S/C35H46N2O3/c1-4-6-7-8-9-10-13-16-29-17-19-31(20-18-29)35(38)40-34-27-36-33(26-37-34)30-21-23-32(24-22-30)39-25-14-11-12-15-28(3)5-2/h4,17-24,26-28H,1,5-16,25H2,2-3H3. The van der Waals surface area contributed by atoms with E-state index in [2.05, 4.69) is 30.4 Å². The van der Waals surface area contributed by atoms with Gasteiger partial charge < -0.3 is 9.47 Å². The molecule has 0 aliphatic heterocycles. The molecule has 3 aromatic rings. The fraction of sp³-hybridized carbons (Fsp3) is 0.457. The Balaban J connectivity index is 1.39. The summed E-state index contributed by atoms with van der Waals surface area (Å²) in [6.45, 7) is 9.07. The van der Waals surface area contributed by atoms with E-state index < -0.39 is 5.97 Å². The first kappa shape index (κ1) is 31.1. The summed E-state index contributed by atoms with van der Waals surface area (Å²) in [6.07, 6.45) is 19.5. The van der Waals surface area contributed by atoms with Crippen LogP contribution in [0.3, 0.4) is 0 Å². The van der Waals surface area contributed by atoms with Crippen LogP contribution in [0.5, 0.6) is 11.6 Å². The van der Waals surface area contributed by atoms with Crippen molar-refractivity contribution < 1.29 is 14.3 Å². The number of benzene rings is 2. The Morgan fingerprint density at radius 1 is 0.875 bits per heavy atom. The SMILES string of the molecule is C=CCCCCCCCc1ccc(C(=O)Oc2cnc(-c3ccc(OCCCCCC(C)CC)cc3)cn2)cc1. The molecule has 0 fully saturated rings. The van der Waals surface area contributed by atoms with Crippen LogP contribution in [0.25, 0.3) is 11.3 Å². The smallest absolute Gasteiger partial charge is 0.344 e. The number of carbonyl (C=O) groups excluding carboxylic acids is 1. The molecule has 0 aliphatic carbocycles. The minimum Gasteiger partial charge on any atom is -0.494 e. The molecule has 5 nitrogen and oxygen atoms in total. The number of carbonyl (C=O) groups is 1. The maximum atomic E-state index is 12.6.